The Morgan fingerprint density at radius 2 is 1.37 bits per heavy atom. The molecule has 27 heavy (non-hydrogen) atoms. The quantitative estimate of drug-likeness (QED) is 0.415. The predicted octanol–water partition coefficient (Wildman–Crippen LogP) is 6.62. The van der Waals surface area contributed by atoms with Crippen LogP contribution in [0.4, 0.5) is 0 Å². The summed E-state index contributed by atoms with van der Waals surface area (Å²) in [7, 11) is 0. The van der Waals surface area contributed by atoms with Gasteiger partial charge in [0.2, 0.25) is 0 Å². The molecule has 4 aromatic rings. The van der Waals surface area contributed by atoms with Crippen molar-refractivity contribution in [1.82, 2.24) is 9.97 Å². The maximum Gasteiger partial charge on any atom is 0.116 e. The van der Waals surface area contributed by atoms with E-state index in [1.54, 1.807) is 6.33 Å². The van der Waals surface area contributed by atoms with Crippen LogP contribution in [0.15, 0.2) is 79.1 Å². The van der Waals surface area contributed by atoms with Crippen molar-refractivity contribution in [3.63, 3.8) is 0 Å². The zero-order valence-corrected chi connectivity index (χ0v) is 15.3. The molecule has 0 radical (unpaired) electrons. The molecule has 0 aliphatic heterocycles. The van der Waals surface area contributed by atoms with Crippen LogP contribution in [0.3, 0.4) is 0 Å². The normalized spacial score (nSPS) is 14.7. The number of hydrogen-bond acceptors (Lipinski definition) is 2. The molecule has 0 N–H and O–H groups in total. The van der Waals surface area contributed by atoms with Crippen LogP contribution >= 0.6 is 0 Å². The van der Waals surface area contributed by atoms with Crippen LogP contribution in [-0.2, 0) is 0 Å². The molecule has 132 valence electrons. The highest BCUT2D eigenvalue weighted by Gasteiger charge is 2.18. The van der Waals surface area contributed by atoms with Gasteiger partial charge in [-0.25, -0.2) is 9.97 Å². The maximum atomic E-state index is 4.60. The predicted molar refractivity (Wildman–Crippen MR) is 112 cm³/mol. The molecule has 1 aliphatic carbocycles. The summed E-state index contributed by atoms with van der Waals surface area (Å²) in [5.41, 5.74) is 7.09. The fraction of sp³-hybridized carbons (Fsp3) is 0.200. The third-order valence-corrected chi connectivity index (χ3v) is 5.75. The fourth-order valence-corrected chi connectivity index (χ4v) is 4.27. The molecular formula is C25H22N2. The molecule has 0 spiro atoms. The number of fused-ring (bicyclic) bond motifs is 1. The first-order valence-electron chi connectivity index (χ1n) is 9.79. The van der Waals surface area contributed by atoms with Gasteiger partial charge in [-0.1, -0.05) is 79.6 Å². The molecule has 1 heterocycles. The minimum Gasteiger partial charge on any atom is -0.236 e. The highest BCUT2D eigenvalue weighted by atomic mass is 14.8. The van der Waals surface area contributed by atoms with Gasteiger partial charge in [0, 0.05) is 10.9 Å². The van der Waals surface area contributed by atoms with Gasteiger partial charge in [-0.2, -0.15) is 0 Å². The Labute approximate surface area is 159 Å². The smallest absolute Gasteiger partial charge is 0.116 e. The van der Waals surface area contributed by atoms with Gasteiger partial charge < -0.3 is 0 Å². The second-order valence-corrected chi connectivity index (χ2v) is 7.42. The topological polar surface area (TPSA) is 25.8 Å². The third-order valence-electron chi connectivity index (χ3n) is 5.75. The van der Waals surface area contributed by atoms with Gasteiger partial charge in [0.1, 0.15) is 6.33 Å². The molecule has 0 bridgehead atoms. The van der Waals surface area contributed by atoms with Crippen LogP contribution in [0, 0.1) is 0 Å². The maximum absolute atomic E-state index is 4.60. The van der Waals surface area contributed by atoms with Gasteiger partial charge in [-0.3, -0.25) is 0 Å². The average molecular weight is 350 g/mol. The lowest BCUT2D eigenvalue weighted by atomic mass is 9.95. The van der Waals surface area contributed by atoms with E-state index in [2.05, 4.69) is 76.7 Å². The van der Waals surface area contributed by atoms with Gasteiger partial charge in [0.25, 0.3) is 0 Å². The van der Waals surface area contributed by atoms with E-state index in [0.29, 0.717) is 5.92 Å². The van der Waals surface area contributed by atoms with Crippen molar-refractivity contribution < 1.29 is 0 Å². The fourth-order valence-electron chi connectivity index (χ4n) is 4.27. The van der Waals surface area contributed by atoms with Crippen molar-refractivity contribution in [2.75, 3.05) is 0 Å². The monoisotopic (exact) mass is 350 g/mol. The molecule has 5 rings (SSSR count). The standard InChI is InChI=1S/C25H22N2/c1-2-6-18(7-3-1)20-10-12-21(13-11-20)25-23-15-14-22(19-8-4-5-9-19)16-24(23)26-17-27-25/h1-3,6-7,10-17,19H,4-5,8-9H2. The average Bonchev–Trinajstić information content (AvgIpc) is 3.29. The molecule has 0 amide bonds. The Bertz CT molecular complexity index is 1060. The summed E-state index contributed by atoms with van der Waals surface area (Å²) in [6, 6.07) is 25.9. The molecule has 0 atom stereocenters. The van der Waals surface area contributed by atoms with Crippen LogP contribution in [0.1, 0.15) is 37.2 Å². The molecular weight excluding hydrogens is 328 g/mol. The molecule has 2 nitrogen and oxygen atoms in total. The van der Waals surface area contributed by atoms with Crippen molar-refractivity contribution >= 4 is 10.9 Å². The summed E-state index contributed by atoms with van der Waals surface area (Å²) in [6.07, 6.45) is 7.02. The summed E-state index contributed by atoms with van der Waals surface area (Å²) < 4.78 is 0. The van der Waals surface area contributed by atoms with E-state index in [-0.39, 0.29) is 0 Å². The molecule has 1 aromatic heterocycles. The van der Waals surface area contributed by atoms with E-state index in [0.717, 1.165) is 22.2 Å². The van der Waals surface area contributed by atoms with E-state index < -0.39 is 0 Å². The highest BCUT2D eigenvalue weighted by Crippen LogP contribution is 2.36. The summed E-state index contributed by atoms with van der Waals surface area (Å²) >= 11 is 0. The number of rotatable bonds is 3. The van der Waals surface area contributed by atoms with Crippen LogP contribution in [0.5, 0.6) is 0 Å². The first-order valence-corrected chi connectivity index (χ1v) is 9.79. The Morgan fingerprint density at radius 1 is 0.667 bits per heavy atom. The summed E-state index contributed by atoms with van der Waals surface area (Å²) in [5, 5.41) is 1.13. The van der Waals surface area contributed by atoms with Crippen LogP contribution in [0.25, 0.3) is 33.3 Å². The van der Waals surface area contributed by atoms with Gasteiger partial charge in [0.15, 0.2) is 0 Å². The molecule has 1 fully saturated rings. The second-order valence-electron chi connectivity index (χ2n) is 7.42. The number of benzene rings is 3. The first-order chi connectivity index (χ1) is 13.4. The molecule has 0 unspecified atom stereocenters. The van der Waals surface area contributed by atoms with Crippen LogP contribution < -0.4 is 0 Å². The van der Waals surface area contributed by atoms with Crippen LogP contribution in [-0.4, -0.2) is 9.97 Å². The van der Waals surface area contributed by atoms with Gasteiger partial charge in [0.05, 0.1) is 11.2 Å². The molecule has 1 saturated carbocycles. The van der Waals surface area contributed by atoms with E-state index in [1.165, 1.54) is 42.4 Å². The zero-order valence-electron chi connectivity index (χ0n) is 15.3. The van der Waals surface area contributed by atoms with Crippen molar-refractivity contribution in [1.29, 1.82) is 0 Å². The number of hydrogen-bond donors (Lipinski definition) is 0. The lowest BCUT2D eigenvalue weighted by Gasteiger charge is -2.12. The SMILES string of the molecule is c1ccc(-c2ccc(-c3ncnc4cc(C5CCCC5)ccc34)cc2)cc1. The van der Waals surface area contributed by atoms with Crippen LogP contribution in [0.2, 0.25) is 0 Å². The molecule has 3 aromatic carbocycles. The Kier molecular flexibility index (Phi) is 4.17. The van der Waals surface area contributed by atoms with Gasteiger partial charge in [-0.15, -0.1) is 0 Å². The Hall–Kier alpha value is -3.00. The van der Waals surface area contributed by atoms with Gasteiger partial charge >= 0.3 is 0 Å². The Balaban J connectivity index is 1.52. The molecule has 2 heteroatoms. The van der Waals surface area contributed by atoms with E-state index in [1.807, 2.05) is 6.07 Å². The zero-order chi connectivity index (χ0) is 18.1. The molecule has 1 aliphatic rings. The minimum absolute atomic E-state index is 0.706. The van der Waals surface area contributed by atoms with E-state index in [4.69, 9.17) is 0 Å². The number of nitrogens with zero attached hydrogens (tertiary/aromatic N) is 2. The number of aromatic nitrogens is 2. The van der Waals surface area contributed by atoms with Gasteiger partial charge in [-0.05, 0) is 41.5 Å². The summed E-state index contributed by atoms with van der Waals surface area (Å²) in [6.45, 7) is 0. The first kappa shape index (κ1) is 16.2. The molecule has 0 saturated heterocycles. The summed E-state index contributed by atoms with van der Waals surface area (Å²) in [5.74, 6) is 0.706. The van der Waals surface area contributed by atoms with Crippen molar-refractivity contribution in [3.05, 3.63) is 84.7 Å². The Morgan fingerprint density at radius 3 is 2.15 bits per heavy atom. The lowest BCUT2D eigenvalue weighted by Crippen LogP contribution is -1.94. The van der Waals surface area contributed by atoms with E-state index >= 15 is 0 Å². The van der Waals surface area contributed by atoms with Crippen molar-refractivity contribution in [2.24, 2.45) is 0 Å². The lowest BCUT2D eigenvalue weighted by molar-refractivity contribution is 0.724. The third kappa shape index (κ3) is 3.12. The summed E-state index contributed by atoms with van der Waals surface area (Å²) in [4.78, 5) is 9.15. The van der Waals surface area contributed by atoms with Crippen molar-refractivity contribution in [3.8, 4) is 22.4 Å². The largest absolute Gasteiger partial charge is 0.236 e. The minimum atomic E-state index is 0.706. The van der Waals surface area contributed by atoms with E-state index in [9.17, 15) is 0 Å². The second kappa shape index (κ2) is 6.96. The highest BCUT2D eigenvalue weighted by molar-refractivity contribution is 5.92. The van der Waals surface area contributed by atoms with Crippen molar-refractivity contribution in [2.45, 2.75) is 31.6 Å².